The zero-order valence-electron chi connectivity index (χ0n) is 10.9. The highest BCUT2D eigenvalue weighted by Gasteiger charge is 2.20. The van der Waals surface area contributed by atoms with E-state index in [-0.39, 0.29) is 0 Å². The van der Waals surface area contributed by atoms with E-state index in [0.717, 1.165) is 10.9 Å². The summed E-state index contributed by atoms with van der Waals surface area (Å²) in [4.78, 5) is 26.0. The van der Waals surface area contributed by atoms with Crippen LogP contribution in [-0.4, -0.2) is 28.0 Å². The molecule has 0 aliphatic rings. The first kappa shape index (κ1) is 14.4. The van der Waals surface area contributed by atoms with Crippen molar-refractivity contribution < 1.29 is 14.7 Å². The third-order valence-electron chi connectivity index (χ3n) is 3.01. The Balaban J connectivity index is 2.20. The van der Waals surface area contributed by atoms with E-state index < -0.39 is 17.9 Å². The molecule has 5 nitrogen and oxygen atoms in total. The maximum absolute atomic E-state index is 12.1. The average Bonchev–Trinajstić information content (AvgIpc) is 2.80. The van der Waals surface area contributed by atoms with Crippen molar-refractivity contribution in [3.63, 3.8) is 0 Å². The number of aromatic amines is 1. The highest BCUT2D eigenvalue weighted by atomic mass is 35.5. The van der Waals surface area contributed by atoms with Gasteiger partial charge in [-0.05, 0) is 24.6 Å². The molecule has 1 aromatic heterocycles. The molecule has 1 aromatic carbocycles. The van der Waals surface area contributed by atoms with Gasteiger partial charge in [-0.2, -0.15) is 0 Å². The van der Waals surface area contributed by atoms with E-state index in [1.807, 2.05) is 6.92 Å². The van der Waals surface area contributed by atoms with Gasteiger partial charge in [0.15, 0.2) is 0 Å². The molecule has 1 heterocycles. The van der Waals surface area contributed by atoms with Crippen molar-refractivity contribution in [2.24, 2.45) is 0 Å². The second kappa shape index (κ2) is 5.96. The second-order valence-corrected chi connectivity index (χ2v) is 5.00. The lowest BCUT2D eigenvalue weighted by Gasteiger charge is -2.12. The largest absolute Gasteiger partial charge is 0.480 e. The summed E-state index contributed by atoms with van der Waals surface area (Å²) in [5.74, 6) is -1.46. The van der Waals surface area contributed by atoms with E-state index in [2.05, 4.69) is 10.3 Å². The standard InChI is InChI=1S/C14H15ClN2O3/c1-2-3-10(14(19)20)17-13(18)12-6-8-4-5-9(15)7-11(8)16-12/h4-7,10,16H,2-3H2,1H3,(H,17,18)(H,19,20). The van der Waals surface area contributed by atoms with Gasteiger partial charge in [0, 0.05) is 15.9 Å². The number of fused-ring (bicyclic) bond motifs is 1. The highest BCUT2D eigenvalue weighted by Crippen LogP contribution is 2.20. The molecule has 0 aliphatic carbocycles. The van der Waals surface area contributed by atoms with Crippen molar-refractivity contribution in [3.05, 3.63) is 35.0 Å². The van der Waals surface area contributed by atoms with E-state index in [4.69, 9.17) is 16.7 Å². The highest BCUT2D eigenvalue weighted by molar-refractivity contribution is 6.31. The van der Waals surface area contributed by atoms with Crippen LogP contribution in [0, 0.1) is 0 Å². The Hall–Kier alpha value is -2.01. The second-order valence-electron chi connectivity index (χ2n) is 4.57. The number of halogens is 1. The van der Waals surface area contributed by atoms with Crippen molar-refractivity contribution in [2.45, 2.75) is 25.8 Å². The first-order valence-electron chi connectivity index (χ1n) is 6.33. The number of carbonyl (C=O) groups is 2. The fourth-order valence-corrected chi connectivity index (χ4v) is 2.18. The summed E-state index contributed by atoms with van der Waals surface area (Å²) in [5, 5.41) is 13.0. The molecule has 2 rings (SSSR count). The normalized spacial score (nSPS) is 12.3. The van der Waals surface area contributed by atoms with Crippen molar-refractivity contribution >= 4 is 34.4 Å². The zero-order chi connectivity index (χ0) is 14.7. The molecular weight excluding hydrogens is 280 g/mol. The molecule has 106 valence electrons. The zero-order valence-corrected chi connectivity index (χ0v) is 11.7. The Morgan fingerprint density at radius 2 is 2.15 bits per heavy atom. The molecule has 1 atom stereocenters. The van der Waals surface area contributed by atoms with Crippen molar-refractivity contribution in [2.75, 3.05) is 0 Å². The van der Waals surface area contributed by atoms with E-state index in [0.29, 0.717) is 23.6 Å². The maximum Gasteiger partial charge on any atom is 0.326 e. The number of amides is 1. The van der Waals surface area contributed by atoms with Gasteiger partial charge in [0.05, 0.1) is 0 Å². The third-order valence-corrected chi connectivity index (χ3v) is 3.25. The van der Waals surface area contributed by atoms with Crippen LogP contribution in [-0.2, 0) is 4.79 Å². The van der Waals surface area contributed by atoms with Crippen LogP contribution in [0.25, 0.3) is 10.9 Å². The van der Waals surface area contributed by atoms with Crippen LogP contribution in [0.5, 0.6) is 0 Å². The summed E-state index contributed by atoms with van der Waals surface area (Å²) < 4.78 is 0. The molecule has 2 aromatic rings. The minimum atomic E-state index is -1.03. The van der Waals surface area contributed by atoms with Crippen molar-refractivity contribution in [1.82, 2.24) is 10.3 Å². The molecule has 0 radical (unpaired) electrons. The maximum atomic E-state index is 12.1. The van der Waals surface area contributed by atoms with Gasteiger partial charge in [0.2, 0.25) is 0 Å². The van der Waals surface area contributed by atoms with Gasteiger partial charge in [-0.25, -0.2) is 4.79 Å². The van der Waals surface area contributed by atoms with E-state index in [1.165, 1.54) is 0 Å². The average molecular weight is 295 g/mol. The quantitative estimate of drug-likeness (QED) is 0.793. The van der Waals surface area contributed by atoms with Gasteiger partial charge in [-0.1, -0.05) is 31.0 Å². The molecule has 6 heteroatoms. The number of aromatic nitrogens is 1. The van der Waals surface area contributed by atoms with Crippen LogP contribution in [0.1, 0.15) is 30.3 Å². The van der Waals surface area contributed by atoms with Gasteiger partial charge < -0.3 is 15.4 Å². The predicted molar refractivity (Wildman–Crippen MR) is 77.1 cm³/mol. The van der Waals surface area contributed by atoms with E-state index in [9.17, 15) is 9.59 Å². The Labute approximate surface area is 120 Å². The molecule has 1 amide bonds. The monoisotopic (exact) mass is 294 g/mol. The molecule has 20 heavy (non-hydrogen) atoms. The minimum Gasteiger partial charge on any atom is -0.480 e. The van der Waals surface area contributed by atoms with Gasteiger partial charge in [-0.15, -0.1) is 0 Å². The summed E-state index contributed by atoms with van der Waals surface area (Å²) in [5.41, 5.74) is 1.06. The number of hydrogen-bond acceptors (Lipinski definition) is 2. The van der Waals surface area contributed by atoms with Crippen LogP contribution in [0.15, 0.2) is 24.3 Å². The summed E-state index contributed by atoms with van der Waals surface area (Å²) in [6.07, 6.45) is 1.08. The number of carboxylic acids is 1. The number of aliphatic carboxylic acids is 1. The van der Waals surface area contributed by atoms with Gasteiger partial charge in [0.25, 0.3) is 5.91 Å². The predicted octanol–water partition coefficient (Wildman–Crippen LogP) is 2.80. The number of benzene rings is 1. The van der Waals surface area contributed by atoms with Crippen molar-refractivity contribution in [3.8, 4) is 0 Å². The van der Waals surface area contributed by atoms with E-state index >= 15 is 0 Å². The molecule has 0 spiro atoms. The molecule has 0 aliphatic heterocycles. The van der Waals surface area contributed by atoms with Crippen LogP contribution in [0.4, 0.5) is 0 Å². The lowest BCUT2D eigenvalue weighted by molar-refractivity contribution is -0.139. The summed E-state index contributed by atoms with van der Waals surface area (Å²) >= 11 is 5.88. The number of carboxylic acid groups (broad SMARTS) is 1. The van der Waals surface area contributed by atoms with Crippen LogP contribution >= 0.6 is 11.6 Å². The molecule has 1 unspecified atom stereocenters. The molecule has 0 saturated heterocycles. The number of nitrogens with one attached hydrogen (secondary N) is 2. The molecule has 3 N–H and O–H groups in total. The van der Waals surface area contributed by atoms with Gasteiger partial charge >= 0.3 is 5.97 Å². The Morgan fingerprint density at radius 3 is 2.80 bits per heavy atom. The van der Waals surface area contributed by atoms with Crippen LogP contribution in [0.2, 0.25) is 5.02 Å². The summed E-state index contributed by atoms with van der Waals surface area (Å²) in [6.45, 7) is 1.87. The Morgan fingerprint density at radius 1 is 1.40 bits per heavy atom. The topological polar surface area (TPSA) is 82.2 Å². The number of H-pyrrole nitrogens is 1. The van der Waals surface area contributed by atoms with Crippen LogP contribution < -0.4 is 5.32 Å². The van der Waals surface area contributed by atoms with E-state index in [1.54, 1.807) is 24.3 Å². The SMILES string of the molecule is CCCC(NC(=O)c1cc2ccc(Cl)cc2[nH]1)C(=O)O. The Kier molecular flexibility index (Phi) is 4.29. The summed E-state index contributed by atoms with van der Waals surface area (Å²) in [6, 6.07) is 6.05. The third kappa shape index (κ3) is 3.11. The fraction of sp³-hybridized carbons (Fsp3) is 0.286. The molecule has 0 fully saturated rings. The summed E-state index contributed by atoms with van der Waals surface area (Å²) in [7, 11) is 0. The number of rotatable bonds is 5. The fourth-order valence-electron chi connectivity index (χ4n) is 2.00. The molecule has 0 bridgehead atoms. The van der Waals surface area contributed by atoms with Crippen molar-refractivity contribution in [1.29, 1.82) is 0 Å². The number of hydrogen-bond donors (Lipinski definition) is 3. The lowest BCUT2D eigenvalue weighted by atomic mass is 10.1. The van der Waals surface area contributed by atoms with Gasteiger partial charge in [-0.3, -0.25) is 4.79 Å². The first-order chi connectivity index (χ1) is 9.51. The van der Waals surface area contributed by atoms with Crippen LogP contribution in [0.3, 0.4) is 0 Å². The molecule has 0 saturated carbocycles. The smallest absolute Gasteiger partial charge is 0.326 e. The number of carbonyl (C=O) groups excluding carboxylic acids is 1. The first-order valence-corrected chi connectivity index (χ1v) is 6.71. The molecular formula is C14H15ClN2O3. The lowest BCUT2D eigenvalue weighted by Crippen LogP contribution is -2.40. The van der Waals surface area contributed by atoms with Gasteiger partial charge in [0.1, 0.15) is 11.7 Å². The minimum absolute atomic E-state index is 0.324. The Bertz CT molecular complexity index is 651.